The van der Waals surface area contributed by atoms with Crippen molar-refractivity contribution in [3.63, 3.8) is 0 Å². The van der Waals surface area contributed by atoms with Crippen molar-refractivity contribution in [3.05, 3.63) is 53.1 Å². The smallest absolute Gasteiger partial charge is 0.419 e. The Morgan fingerprint density at radius 3 is 2.46 bits per heavy atom. The summed E-state index contributed by atoms with van der Waals surface area (Å²) in [6.45, 7) is 1.61. The number of alkyl halides is 3. The summed E-state index contributed by atoms with van der Waals surface area (Å²) in [5, 5.41) is 2.31. The van der Waals surface area contributed by atoms with E-state index >= 15 is 0 Å². The van der Waals surface area contributed by atoms with Gasteiger partial charge in [0.1, 0.15) is 23.7 Å². The molecule has 12 heteroatoms. The molecule has 206 valence electrons. The van der Waals surface area contributed by atoms with Crippen LogP contribution in [0.5, 0.6) is 5.75 Å². The average molecular weight is 544 g/mol. The highest BCUT2D eigenvalue weighted by Gasteiger charge is 2.42. The average Bonchev–Trinajstić information content (AvgIpc) is 3.19. The van der Waals surface area contributed by atoms with E-state index in [1.807, 2.05) is 6.07 Å². The first kappa shape index (κ1) is 25.7. The Labute approximate surface area is 222 Å². The van der Waals surface area contributed by atoms with Gasteiger partial charge in [-0.1, -0.05) is 6.42 Å². The molecule has 0 spiro atoms. The van der Waals surface area contributed by atoms with Crippen LogP contribution in [0.15, 0.2) is 30.6 Å². The van der Waals surface area contributed by atoms with E-state index in [1.165, 1.54) is 4.90 Å². The van der Waals surface area contributed by atoms with Gasteiger partial charge in [0.05, 0.1) is 5.56 Å². The van der Waals surface area contributed by atoms with Gasteiger partial charge >= 0.3 is 6.18 Å². The molecule has 3 amide bonds. The quantitative estimate of drug-likeness (QED) is 0.578. The van der Waals surface area contributed by atoms with Crippen LogP contribution in [-0.4, -0.2) is 68.8 Å². The molecule has 1 unspecified atom stereocenters. The highest BCUT2D eigenvalue weighted by Crippen LogP contribution is 2.36. The molecule has 2 aromatic rings. The number of rotatable bonds is 5. The summed E-state index contributed by atoms with van der Waals surface area (Å²) in [5.41, 5.74) is 0.479. The molecular formula is C27H28F3N5O4. The molecule has 2 saturated heterocycles. The van der Waals surface area contributed by atoms with E-state index in [0.717, 1.165) is 43.6 Å². The largest absolute Gasteiger partial charge is 0.489 e. The van der Waals surface area contributed by atoms with Gasteiger partial charge in [0, 0.05) is 56.0 Å². The number of likely N-dealkylation sites (tertiary alicyclic amines) is 1. The van der Waals surface area contributed by atoms with Crippen LogP contribution in [-0.2, 0) is 22.3 Å². The maximum Gasteiger partial charge on any atom is 0.419 e. The van der Waals surface area contributed by atoms with Crippen LogP contribution < -0.4 is 10.1 Å². The minimum Gasteiger partial charge on any atom is -0.489 e. The van der Waals surface area contributed by atoms with Gasteiger partial charge in [-0.3, -0.25) is 24.6 Å². The molecule has 9 nitrogen and oxygen atoms in total. The molecule has 4 aliphatic rings. The third kappa shape index (κ3) is 4.97. The Morgan fingerprint density at radius 1 is 1.00 bits per heavy atom. The number of fused-ring (bicyclic) bond motifs is 1. The van der Waals surface area contributed by atoms with Crippen molar-refractivity contribution >= 4 is 17.7 Å². The van der Waals surface area contributed by atoms with Gasteiger partial charge in [-0.2, -0.15) is 13.2 Å². The molecule has 0 bridgehead atoms. The van der Waals surface area contributed by atoms with E-state index in [2.05, 4.69) is 20.2 Å². The summed E-state index contributed by atoms with van der Waals surface area (Å²) in [4.78, 5) is 48.5. The summed E-state index contributed by atoms with van der Waals surface area (Å²) < 4.78 is 44.9. The molecule has 1 aromatic carbocycles. The Bertz CT molecular complexity index is 1300. The molecule has 3 atom stereocenters. The van der Waals surface area contributed by atoms with Crippen molar-refractivity contribution in [2.45, 2.75) is 75.4 Å². The Morgan fingerprint density at radius 2 is 1.74 bits per heavy atom. The van der Waals surface area contributed by atoms with Gasteiger partial charge in [0.15, 0.2) is 0 Å². The van der Waals surface area contributed by atoms with Crippen LogP contribution in [0, 0.1) is 0 Å². The highest BCUT2D eigenvalue weighted by molar-refractivity contribution is 6.05. The fraction of sp³-hybridized carbons (Fsp3) is 0.519. The van der Waals surface area contributed by atoms with Crippen molar-refractivity contribution in [2.24, 2.45) is 0 Å². The second-order valence-electron chi connectivity index (χ2n) is 10.7. The molecule has 1 N–H and O–H groups in total. The molecule has 6 rings (SSSR count). The van der Waals surface area contributed by atoms with E-state index in [0.29, 0.717) is 36.6 Å². The number of amides is 3. The normalized spacial score (nSPS) is 26.3. The standard InChI is InChI=1S/C27H28F3N5O4/c28-27(29,30)17-10-31-24(32-11-17)16-12-34(13-16)20-3-1-2-4-22(20)39-18-5-6-19-15(9-18)14-35(26(19)38)21-7-8-23(36)33-25(21)37/h5-6,9-11,16,20-22H,1-4,7-8,12-14H2,(H,33,36,37)/t20-,21?,22+/m1/s1. The molecule has 1 saturated carbocycles. The predicted molar refractivity (Wildman–Crippen MR) is 131 cm³/mol. The van der Waals surface area contributed by atoms with Crippen molar-refractivity contribution in [1.82, 2.24) is 25.1 Å². The molecule has 3 aliphatic heterocycles. The number of carbonyl (C=O) groups excluding carboxylic acids is 3. The van der Waals surface area contributed by atoms with Crippen LogP contribution in [0.25, 0.3) is 0 Å². The van der Waals surface area contributed by atoms with Crippen molar-refractivity contribution in [1.29, 1.82) is 0 Å². The monoisotopic (exact) mass is 543 g/mol. The Balaban J connectivity index is 1.09. The second kappa shape index (κ2) is 9.89. The molecule has 39 heavy (non-hydrogen) atoms. The molecule has 4 heterocycles. The molecule has 3 fully saturated rings. The third-order valence-corrected chi connectivity index (χ3v) is 8.19. The van der Waals surface area contributed by atoms with Gasteiger partial charge in [0.2, 0.25) is 11.8 Å². The zero-order valence-corrected chi connectivity index (χ0v) is 21.1. The van der Waals surface area contributed by atoms with Crippen molar-refractivity contribution in [3.8, 4) is 5.75 Å². The van der Waals surface area contributed by atoms with Crippen LogP contribution in [0.1, 0.15) is 71.8 Å². The maximum absolute atomic E-state index is 13.0. The minimum atomic E-state index is -4.45. The summed E-state index contributed by atoms with van der Waals surface area (Å²) >= 11 is 0. The number of hydrogen-bond donors (Lipinski definition) is 1. The predicted octanol–water partition coefficient (Wildman–Crippen LogP) is 3.05. The number of benzene rings is 1. The number of nitrogens with zero attached hydrogens (tertiary/aromatic N) is 4. The van der Waals surface area contributed by atoms with Crippen LogP contribution >= 0.6 is 0 Å². The Hall–Kier alpha value is -3.54. The van der Waals surface area contributed by atoms with Gasteiger partial charge < -0.3 is 9.64 Å². The first-order chi connectivity index (χ1) is 18.7. The van der Waals surface area contributed by atoms with E-state index < -0.39 is 23.7 Å². The number of aromatic nitrogens is 2. The van der Waals surface area contributed by atoms with E-state index in [1.54, 1.807) is 12.1 Å². The zero-order valence-electron chi connectivity index (χ0n) is 21.1. The third-order valence-electron chi connectivity index (χ3n) is 8.19. The summed E-state index contributed by atoms with van der Waals surface area (Å²) in [6, 6.07) is 4.88. The van der Waals surface area contributed by atoms with Crippen LogP contribution in [0.3, 0.4) is 0 Å². The maximum atomic E-state index is 13.0. The number of nitrogens with one attached hydrogen (secondary N) is 1. The molecule has 1 aromatic heterocycles. The van der Waals surface area contributed by atoms with Crippen molar-refractivity contribution < 1.29 is 32.3 Å². The lowest BCUT2D eigenvalue weighted by molar-refractivity contribution is -0.138. The van der Waals surface area contributed by atoms with Crippen LogP contribution in [0.4, 0.5) is 13.2 Å². The number of imide groups is 1. The van der Waals surface area contributed by atoms with Gasteiger partial charge in [0.25, 0.3) is 5.91 Å². The van der Waals surface area contributed by atoms with Gasteiger partial charge in [-0.15, -0.1) is 0 Å². The Kier molecular flexibility index (Phi) is 6.52. The molecule has 0 radical (unpaired) electrons. The van der Waals surface area contributed by atoms with E-state index in [4.69, 9.17) is 4.74 Å². The summed E-state index contributed by atoms with van der Waals surface area (Å²) in [5.74, 6) is 0.0861. The van der Waals surface area contributed by atoms with Crippen LogP contribution in [0.2, 0.25) is 0 Å². The van der Waals surface area contributed by atoms with Crippen molar-refractivity contribution in [2.75, 3.05) is 13.1 Å². The fourth-order valence-electron chi connectivity index (χ4n) is 6.07. The zero-order chi connectivity index (χ0) is 27.3. The molecular weight excluding hydrogens is 515 g/mol. The topological polar surface area (TPSA) is 105 Å². The number of ether oxygens (including phenoxy) is 1. The summed E-state index contributed by atoms with van der Waals surface area (Å²) in [7, 11) is 0. The first-order valence-electron chi connectivity index (χ1n) is 13.2. The number of carbonyl (C=O) groups is 3. The first-order valence-corrected chi connectivity index (χ1v) is 13.2. The lowest BCUT2D eigenvalue weighted by Crippen LogP contribution is -2.57. The fourth-order valence-corrected chi connectivity index (χ4v) is 6.07. The minimum absolute atomic E-state index is 0.0147. The number of piperidine rings is 1. The highest BCUT2D eigenvalue weighted by atomic mass is 19.4. The van der Waals surface area contributed by atoms with Gasteiger partial charge in [-0.25, -0.2) is 9.97 Å². The SMILES string of the molecule is O=C1CCC(N2Cc3cc(O[C@H]4CCCC[C@H]4N4CC(c5ncc(C(F)(F)F)cn5)C4)ccc3C2=O)C(=O)N1. The summed E-state index contributed by atoms with van der Waals surface area (Å²) in [6.07, 6.45) is 1.63. The van der Waals surface area contributed by atoms with E-state index in [9.17, 15) is 27.6 Å². The molecule has 1 aliphatic carbocycles. The second-order valence-corrected chi connectivity index (χ2v) is 10.7. The number of hydrogen-bond acceptors (Lipinski definition) is 7. The lowest BCUT2D eigenvalue weighted by Gasteiger charge is -2.47. The lowest BCUT2D eigenvalue weighted by atomic mass is 9.86. The van der Waals surface area contributed by atoms with E-state index in [-0.39, 0.29) is 42.8 Å². The number of halogens is 3. The van der Waals surface area contributed by atoms with Gasteiger partial charge in [-0.05, 0) is 49.4 Å².